The van der Waals surface area contributed by atoms with Crippen LogP contribution < -0.4 is 0 Å². The average Bonchev–Trinajstić information content (AvgIpc) is 3.46. The monoisotopic (exact) mass is 1110 g/mol. The highest BCUT2D eigenvalue weighted by Gasteiger charge is 2.19. The van der Waals surface area contributed by atoms with E-state index in [0.717, 1.165) is 128 Å². The highest BCUT2D eigenvalue weighted by atomic mass is 16.6. The van der Waals surface area contributed by atoms with Crippen molar-refractivity contribution in [3.05, 3.63) is 134 Å². The van der Waals surface area contributed by atoms with Crippen LogP contribution in [0.1, 0.15) is 297 Å². The van der Waals surface area contributed by atoms with Crippen molar-refractivity contribution in [1.29, 1.82) is 0 Å². The van der Waals surface area contributed by atoms with Crippen molar-refractivity contribution in [2.45, 2.75) is 303 Å². The Bertz CT molecular complexity index is 1700. The van der Waals surface area contributed by atoms with Crippen LogP contribution >= 0.6 is 0 Å². The van der Waals surface area contributed by atoms with E-state index in [-0.39, 0.29) is 37.5 Å². The Kier molecular flexibility index (Phi) is 63.3. The Balaban J connectivity index is 4.40. The molecule has 1 unspecified atom stereocenters. The van der Waals surface area contributed by atoms with Gasteiger partial charge >= 0.3 is 17.9 Å². The Labute approximate surface area is 494 Å². The number of esters is 3. The van der Waals surface area contributed by atoms with E-state index >= 15 is 0 Å². The van der Waals surface area contributed by atoms with Crippen molar-refractivity contribution in [1.82, 2.24) is 0 Å². The maximum absolute atomic E-state index is 12.9. The van der Waals surface area contributed by atoms with E-state index in [2.05, 4.69) is 148 Å². The van der Waals surface area contributed by atoms with Crippen molar-refractivity contribution in [2.24, 2.45) is 0 Å². The molecular weight excluding hydrogens is 985 g/mol. The van der Waals surface area contributed by atoms with Crippen LogP contribution in [0, 0.1) is 0 Å². The van der Waals surface area contributed by atoms with E-state index in [1.165, 1.54) is 122 Å². The lowest BCUT2D eigenvalue weighted by atomic mass is 10.0. The number of ether oxygens (including phenoxy) is 3. The smallest absolute Gasteiger partial charge is 0.306 e. The van der Waals surface area contributed by atoms with Gasteiger partial charge in [0.15, 0.2) is 6.10 Å². The van der Waals surface area contributed by atoms with Crippen molar-refractivity contribution >= 4 is 17.9 Å². The highest BCUT2D eigenvalue weighted by Crippen LogP contribution is 2.17. The highest BCUT2D eigenvalue weighted by molar-refractivity contribution is 5.71. The van der Waals surface area contributed by atoms with Gasteiger partial charge in [0.25, 0.3) is 0 Å². The summed E-state index contributed by atoms with van der Waals surface area (Å²) in [5, 5.41) is 0. The molecule has 0 aliphatic heterocycles. The van der Waals surface area contributed by atoms with Gasteiger partial charge in [-0.15, -0.1) is 0 Å². The minimum Gasteiger partial charge on any atom is -0.462 e. The second-order valence-electron chi connectivity index (χ2n) is 21.6. The van der Waals surface area contributed by atoms with Gasteiger partial charge in [0.2, 0.25) is 0 Å². The van der Waals surface area contributed by atoms with Crippen LogP contribution in [0.4, 0.5) is 0 Å². The lowest BCUT2D eigenvalue weighted by Crippen LogP contribution is -2.30. The first-order chi connectivity index (χ1) is 39.5. The minimum absolute atomic E-state index is 0.112. The average molecular weight is 1110 g/mol. The fourth-order valence-corrected chi connectivity index (χ4v) is 9.03. The molecule has 0 aliphatic carbocycles. The van der Waals surface area contributed by atoms with Gasteiger partial charge in [-0.3, -0.25) is 14.4 Å². The zero-order chi connectivity index (χ0) is 57.8. The molecule has 0 aromatic carbocycles. The predicted molar refractivity (Wildman–Crippen MR) is 348 cm³/mol. The van der Waals surface area contributed by atoms with Gasteiger partial charge < -0.3 is 14.2 Å². The fraction of sp³-hybridized carbons (Fsp3) is 0.662. The van der Waals surface area contributed by atoms with E-state index in [1.54, 1.807) is 0 Å². The van der Waals surface area contributed by atoms with Crippen LogP contribution in [-0.4, -0.2) is 37.2 Å². The van der Waals surface area contributed by atoms with Crippen molar-refractivity contribution in [2.75, 3.05) is 13.2 Å². The van der Waals surface area contributed by atoms with Gasteiger partial charge in [-0.2, -0.15) is 0 Å². The molecule has 0 aromatic heterocycles. The number of hydrogen-bond donors (Lipinski definition) is 0. The molecule has 0 saturated heterocycles. The van der Waals surface area contributed by atoms with Gasteiger partial charge in [-0.25, -0.2) is 0 Å². The molecule has 0 amide bonds. The lowest BCUT2D eigenvalue weighted by Gasteiger charge is -2.18. The third-order valence-electron chi connectivity index (χ3n) is 13.9. The molecule has 0 saturated carbocycles. The Morgan fingerprint density at radius 1 is 0.263 bits per heavy atom. The number of hydrogen-bond acceptors (Lipinski definition) is 6. The summed E-state index contributed by atoms with van der Waals surface area (Å²) < 4.78 is 16.8. The molecule has 0 bridgehead atoms. The first-order valence-corrected chi connectivity index (χ1v) is 33.2. The summed E-state index contributed by atoms with van der Waals surface area (Å²) in [5.41, 5.74) is 0. The summed E-state index contributed by atoms with van der Waals surface area (Å²) in [4.78, 5) is 38.3. The second kappa shape index (κ2) is 67.1. The topological polar surface area (TPSA) is 78.9 Å². The summed E-state index contributed by atoms with van der Waals surface area (Å²) in [6.45, 7) is 6.35. The Hall–Kier alpha value is -4.45. The van der Waals surface area contributed by atoms with E-state index in [0.29, 0.717) is 19.3 Å². The molecule has 6 nitrogen and oxygen atoms in total. The van der Waals surface area contributed by atoms with E-state index in [4.69, 9.17) is 14.2 Å². The second-order valence-corrected chi connectivity index (χ2v) is 21.6. The summed E-state index contributed by atoms with van der Waals surface area (Å²) >= 11 is 0. The maximum Gasteiger partial charge on any atom is 0.306 e. The van der Waals surface area contributed by atoms with Crippen molar-refractivity contribution < 1.29 is 28.6 Å². The van der Waals surface area contributed by atoms with Gasteiger partial charge in [0.1, 0.15) is 13.2 Å². The molecular formula is C74H122O6. The van der Waals surface area contributed by atoms with Crippen molar-refractivity contribution in [3.8, 4) is 0 Å². The van der Waals surface area contributed by atoms with Crippen LogP contribution in [0.15, 0.2) is 134 Å². The maximum atomic E-state index is 12.9. The molecule has 454 valence electrons. The number of carbonyl (C=O) groups excluding carboxylic acids is 3. The van der Waals surface area contributed by atoms with Gasteiger partial charge in [0.05, 0.1) is 0 Å². The molecule has 0 rings (SSSR count). The van der Waals surface area contributed by atoms with Crippen LogP contribution in [-0.2, 0) is 28.6 Å². The van der Waals surface area contributed by atoms with Crippen LogP contribution in [0.5, 0.6) is 0 Å². The summed E-state index contributed by atoms with van der Waals surface area (Å²) in [6.07, 6.45) is 94.8. The number of rotatable bonds is 59. The third-order valence-corrected chi connectivity index (χ3v) is 13.9. The van der Waals surface area contributed by atoms with E-state index in [9.17, 15) is 14.4 Å². The van der Waals surface area contributed by atoms with Crippen molar-refractivity contribution in [3.63, 3.8) is 0 Å². The molecule has 80 heavy (non-hydrogen) atoms. The third kappa shape index (κ3) is 64.4. The Morgan fingerprint density at radius 3 is 0.838 bits per heavy atom. The normalized spacial score (nSPS) is 13.0. The van der Waals surface area contributed by atoms with Gasteiger partial charge in [-0.05, 0) is 103 Å². The summed E-state index contributed by atoms with van der Waals surface area (Å²) in [5.74, 6) is -1.01. The first kappa shape index (κ1) is 75.5. The van der Waals surface area contributed by atoms with E-state index in [1.807, 2.05) is 6.08 Å². The fourth-order valence-electron chi connectivity index (χ4n) is 9.03. The van der Waals surface area contributed by atoms with Crippen LogP contribution in [0.2, 0.25) is 0 Å². The Morgan fingerprint density at radius 2 is 0.512 bits per heavy atom. The molecule has 0 N–H and O–H groups in total. The first-order valence-electron chi connectivity index (χ1n) is 33.2. The molecule has 0 aliphatic rings. The zero-order valence-electron chi connectivity index (χ0n) is 52.0. The van der Waals surface area contributed by atoms with Crippen LogP contribution in [0.25, 0.3) is 0 Å². The number of carbonyl (C=O) groups is 3. The number of unbranched alkanes of at least 4 members (excludes halogenated alkanes) is 26. The zero-order valence-corrected chi connectivity index (χ0v) is 52.0. The minimum atomic E-state index is -0.819. The standard InChI is InChI=1S/C74H122O6/c1-4-7-10-13-16-19-22-25-27-29-31-33-35-36-37-38-39-41-42-44-46-49-52-55-58-61-64-67-73(76)79-70-71(69-78-72(75)66-63-60-57-54-51-48-24-21-18-15-12-9-6-3)80-74(77)68-65-62-59-56-53-50-47-45-43-40-34-32-30-28-26-23-20-17-14-11-8-5-2/h7,9-10,12,16,18-19,21,25,27,31,33,36-37,39,41,44,46,48,51,57,60,71H,4-6,8,11,13-15,17,20,22-24,26,28-30,32,34-35,38,40,42-43,45,47,49-50,52-56,58-59,61-70H2,1-3H3/b10-7-,12-9-,19-16-,21-18-,27-25-,33-31-,37-36-,41-39-,46-44-,51-48-,60-57-. The van der Waals surface area contributed by atoms with Gasteiger partial charge in [-0.1, -0.05) is 309 Å². The summed E-state index contributed by atoms with van der Waals surface area (Å²) in [6, 6.07) is 0. The molecule has 0 fully saturated rings. The predicted octanol–water partition coefficient (Wildman–Crippen LogP) is 22.9. The molecule has 6 heteroatoms. The molecule has 0 spiro atoms. The quantitative estimate of drug-likeness (QED) is 0.0261. The SMILES string of the molecule is CC/C=C\C/C=C\C/C=C\C/C=C\C/C=C\C/C=C\C/C=C\CCCCCCCC(=O)OCC(COC(=O)CC/C=C\C/C=C\C/C=C\C/C=C\CC)OC(=O)CCCCCCCCCCCCCCCCCCCCCCCC. The van der Waals surface area contributed by atoms with Crippen LogP contribution in [0.3, 0.4) is 0 Å². The van der Waals surface area contributed by atoms with E-state index < -0.39 is 6.10 Å². The molecule has 0 radical (unpaired) electrons. The lowest BCUT2D eigenvalue weighted by molar-refractivity contribution is -0.166. The molecule has 0 aromatic rings. The number of allylic oxidation sites excluding steroid dienone is 22. The van der Waals surface area contributed by atoms with Gasteiger partial charge in [0, 0.05) is 19.3 Å². The largest absolute Gasteiger partial charge is 0.462 e. The summed E-state index contributed by atoms with van der Waals surface area (Å²) in [7, 11) is 0. The molecule has 1 atom stereocenters. The molecule has 0 heterocycles.